The van der Waals surface area contributed by atoms with Gasteiger partial charge in [-0.25, -0.2) is 23.2 Å². The van der Waals surface area contributed by atoms with Crippen LogP contribution in [0.4, 0.5) is 19.3 Å². The van der Waals surface area contributed by atoms with E-state index in [1.54, 1.807) is 11.8 Å². The fourth-order valence-electron chi connectivity index (χ4n) is 8.35. The van der Waals surface area contributed by atoms with E-state index in [2.05, 4.69) is 20.4 Å². The molecule has 270 valence electrons. The van der Waals surface area contributed by atoms with Crippen LogP contribution in [-0.2, 0) is 16.9 Å². The highest BCUT2D eigenvalue weighted by molar-refractivity contribution is 5.81. The molecule has 0 aliphatic carbocycles. The van der Waals surface area contributed by atoms with Crippen molar-refractivity contribution in [1.82, 2.24) is 39.7 Å². The number of nitrogens with one attached hydrogen (secondary N) is 1. The van der Waals surface area contributed by atoms with E-state index in [-0.39, 0.29) is 48.5 Å². The highest BCUT2D eigenvalue weighted by atomic mass is 19.1. The van der Waals surface area contributed by atoms with Gasteiger partial charge in [0.15, 0.2) is 5.75 Å². The van der Waals surface area contributed by atoms with Crippen LogP contribution in [0.15, 0.2) is 85.5 Å². The van der Waals surface area contributed by atoms with Gasteiger partial charge in [0.1, 0.15) is 29.9 Å². The molecule has 0 saturated carbocycles. The average molecular weight is 704 g/mol. The summed E-state index contributed by atoms with van der Waals surface area (Å²) in [5.74, 6) is -0.814. The molecule has 1 aromatic heterocycles. The van der Waals surface area contributed by atoms with E-state index in [1.165, 1.54) is 24.8 Å². The first-order chi connectivity index (χ1) is 24.9. The number of piperazine rings is 1. The monoisotopic (exact) mass is 703 g/mol. The summed E-state index contributed by atoms with van der Waals surface area (Å²) in [6.07, 6.45) is 3.42. The Hall–Kier alpha value is -4.47. The molecule has 3 aliphatic rings. The number of aliphatic hydroxyl groups excluding tert-OH is 1. The van der Waals surface area contributed by atoms with Gasteiger partial charge in [0, 0.05) is 49.4 Å². The predicted molar refractivity (Wildman–Crippen MR) is 186 cm³/mol. The molecule has 0 radical (unpaired) electrons. The number of para-hydroxylation sites is 2. The second-order valence-electron chi connectivity index (χ2n) is 13.3. The third-order valence-electron chi connectivity index (χ3n) is 10.5. The summed E-state index contributed by atoms with van der Waals surface area (Å²) in [6.45, 7) is 4.74. The van der Waals surface area contributed by atoms with E-state index in [4.69, 9.17) is 9.47 Å². The zero-order chi connectivity index (χ0) is 35.6. The number of hydrogen-bond acceptors (Lipinski definition) is 8. The van der Waals surface area contributed by atoms with E-state index in [0.29, 0.717) is 44.8 Å². The molecule has 7 rings (SSSR count). The lowest BCUT2D eigenvalue weighted by Crippen LogP contribution is -2.73. The smallest absolute Gasteiger partial charge is 0.372 e. The summed E-state index contributed by atoms with van der Waals surface area (Å²) in [4.78, 5) is 21.6. The van der Waals surface area contributed by atoms with Gasteiger partial charge in [0.05, 0.1) is 45.4 Å². The Labute approximate surface area is 296 Å². The van der Waals surface area contributed by atoms with Gasteiger partial charge in [-0.15, -0.1) is 10.0 Å². The number of rotatable bonds is 12. The van der Waals surface area contributed by atoms with Crippen LogP contribution in [0.5, 0.6) is 5.75 Å². The summed E-state index contributed by atoms with van der Waals surface area (Å²) in [7, 11) is 1.64. The van der Waals surface area contributed by atoms with E-state index in [1.807, 2.05) is 71.4 Å². The summed E-state index contributed by atoms with van der Waals surface area (Å²) >= 11 is 0. The van der Waals surface area contributed by atoms with E-state index < -0.39 is 29.4 Å². The summed E-state index contributed by atoms with van der Waals surface area (Å²) in [5, 5.41) is 22.4. The summed E-state index contributed by atoms with van der Waals surface area (Å²) in [6, 6.07) is 20.1. The van der Waals surface area contributed by atoms with Crippen LogP contribution in [0, 0.1) is 11.6 Å². The first-order valence-corrected chi connectivity index (χ1v) is 17.6. The van der Waals surface area contributed by atoms with Crippen molar-refractivity contribution in [2.24, 2.45) is 0 Å². The summed E-state index contributed by atoms with van der Waals surface area (Å²) in [5.41, 5.74) is 0.551. The van der Waals surface area contributed by atoms with Gasteiger partial charge in [-0.3, -0.25) is 4.90 Å². The molecular weight excluding hydrogens is 658 g/mol. The Kier molecular flexibility index (Phi) is 10.0. The minimum absolute atomic E-state index is 0.0233. The number of nitrogens with zero attached hydrogens (tertiary/aromatic N) is 7. The number of carbonyl (C=O) groups is 1. The largest absolute Gasteiger partial charge is 0.491 e. The van der Waals surface area contributed by atoms with Crippen LogP contribution in [-0.4, -0.2) is 99.4 Å². The van der Waals surface area contributed by atoms with Crippen molar-refractivity contribution >= 4 is 11.7 Å². The van der Waals surface area contributed by atoms with Gasteiger partial charge in [-0.2, -0.15) is 5.10 Å². The molecule has 3 aliphatic heterocycles. The Morgan fingerprint density at radius 2 is 1.86 bits per heavy atom. The van der Waals surface area contributed by atoms with Crippen LogP contribution >= 0.6 is 0 Å². The number of carbonyl (C=O) groups excluding carboxylic acids is 1. The molecule has 0 bridgehead atoms. The first kappa shape index (κ1) is 35.0. The molecule has 5 unspecified atom stereocenters. The van der Waals surface area contributed by atoms with Crippen LogP contribution in [0.3, 0.4) is 0 Å². The molecule has 3 fully saturated rings. The number of halogens is 2. The number of aromatic nitrogens is 3. The number of benzene rings is 3. The van der Waals surface area contributed by atoms with Crippen molar-refractivity contribution in [3.63, 3.8) is 0 Å². The van der Waals surface area contributed by atoms with Crippen molar-refractivity contribution in [3.05, 3.63) is 108 Å². The maximum Gasteiger partial charge on any atom is 0.372 e. The molecule has 3 saturated heterocycles. The van der Waals surface area contributed by atoms with E-state index >= 15 is 9.18 Å². The van der Waals surface area contributed by atoms with Gasteiger partial charge in [-0.05, 0) is 25.0 Å². The molecule has 4 aromatic rings. The van der Waals surface area contributed by atoms with Crippen LogP contribution in [0.2, 0.25) is 0 Å². The fourth-order valence-corrected chi connectivity index (χ4v) is 8.35. The molecule has 2 N–H and O–H groups in total. The second-order valence-corrected chi connectivity index (χ2v) is 13.3. The highest BCUT2D eigenvalue weighted by Gasteiger charge is 2.68. The molecular formula is C37H45F2N8O4+. The Morgan fingerprint density at radius 3 is 2.55 bits per heavy atom. The number of ether oxygens (including phenoxy) is 2. The third kappa shape index (κ3) is 6.04. The van der Waals surface area contributed by atoms with Crippen LogP contribution < -0.4 is 14.8 Å². The minimum Gasteiger partial charge on any atom is -0.491 e. The SMILES string of the molecule is CCC(CCO)N1C(=O)N(C2COC(Cn3cncn3)(c3ccc(F)cc3F)C2)C(c2ccccc2)[N+]1(c1ccccc1OC)N1CCNCC1. The molecule has 0 spiro atoms. The molecule has 12 nitrogen and oxygen atoms in total. The first-order valence-electron chi connectivity index (χ1n) is 17.6. The van der Waals surface area contributed by atoms with Crippen LogP contribution in [0.25, 0.3) is 0 Å². The van der Waals surface area contributed by atoms with E-state index in [0.717, 1.165) is 17.3 Å². The maximum atomic E-state index is 15.8. The number of urea groups is 1. The fraction of sp³-hybridized carbons (Fsp3) is 0.432. The number of aliphatic hydroxyl groups is 1. The average Bonchev–Trinajstić information content (AvgIpc) is 3.89. The Balaban J connectivity index is 1.46. The molecule has 14 heteroatoms. The lowest BCUT2D eigenvalue weighted by Gasteiger charge is -2.51. The number of hydrogen-bond donors (Lipinski definition) is 2. The summed E-state index contributed by atoms with van der Waals surface area (Å²) < 4.78 is 44.3. The van der Waals surface area contributed by atoms with Crippen molar-refractivity contribution < 1.29 is 28.2 Å². The maximum absolute atomic E-state index is 15.8. The third-order valence-corrected chi connectivity index (χ3v) is 10.5. The Bertz CT molecular complexity index is 1800. The zero-order valence-corrected chi connectivity index (χ0v) is 28.9. The van der Waals surface area contributed by atoms with Gasteiger partial charge >= 0.3 is 6.03 Å². The van der Waals surface area contributed by atoms with Crippen molar-refractivity contribution in [2.45, 2.75) is 56.6 Å². The van der Waals surface area contributed by atoms with Crippen molar-refractivity contribution in [1.29, 1.82) is 0 Å². The van der Waals surface area contributed by atoms with Crippen molar-refractivity contribution in [2.75, 3.05) is 46.5 Å². The minimum atomic E-state index is -1.30. The second kappa shape index (κ2) is 14.6. The van der Waals surface area contributed by atoms with E-state index in [9.17, 15) is 9.50 Å². The zero-order valence-electron chi connectivity index (χ0n) is 28.9. The lowest BCUT2D eigenvalue weighted by molar-refractivity contribution is -0.185. The van der Waals surface area contributed by atoms with Gasteiger partial charge in [-0.1, -0.05) is 60.2 Å². The normalized spacial score (nSPS) is 26.2. The molecule has 2 amide bonds. The van der Waals surface area contributed by atoms with Gasteiger partial charge in [0.2, 0.25) is 11.9 Å². The number of amides is 2. The lowest BCUT2D eigenvalue weighted by atomic mass is 9.88. The quantitative estimate of drug-likeness (QED) is 0.207. The molecule has 5 atom stereocenters. The molecule has 51 heavy (non-hydrogen) atoms. The molecule has 4 heterocycles. The Morgan fingerprint density at radius 1 is 1.10 bits per heavy atom. The number of quaternary nitrogens is 1. The predicted octanol–water partition coefficient (Wildman–Crippen LogP) is 4.59. The van der Waals surface area contributed by atoms with Gasteiger partial charge < -0.3 is 19.9 Å². The van der Waals surface area contributed by atoms with Crippen LogP contribution in [0.1, 0.15) is 43.5 Å². The highest BCUT2D eigenvalue weighted by Crippen LogP contribution is 2.54. The number of methoxy groups -OCH3 is 1. The molecule has 3 aromatic carbocycles. The van der Waals surface area contributed by atoms with Crippen molar-refractivity contribution in [3.8, 4) is 5.75 Å². The topological polar surface area (TPSA) is 108 Å². The van der Waals surface area contributed by atoms with Gasteiger partial charge in [0.25, 0.3) is 0 Å². The standard InChI is InChI=1S/C37H45F2N8O4/c1-3-29(15-20-48)46-36(49)45(30-22-37(51-23-30,24-43-26-41-25-42-43)31-14-13-28(38)21-32(31)39)35(27-9-5-4-6-10-27)47(46,44-18-16-40-17-19-44)33-11-7-8-12-34(33)50-2/h4-14,21,25-26,29-30,35,40,48H,3,15-20,22-24H2,1-2H3/q+1.